The third kappa shape index (κ3) is 5.12. The van der Waals surface area contributed by atoms with E-state index in [1.54, 1.807) is 20.3 Å². The van der Waals surface area contributed by atoms with Crippen molar-refractivity contribution in [3.63, 3.8) is 0 Å². The molecule has 1 N–H and O–H groups in total. The second kappa shape index (κ2) is 7.76. The van der Waals surface area contributed by atoms with Crippen molar-refractivity contribution in [3.05, 3.63) is 34.1 Å². The quantitative estimate of drug-likeness (QED) is 0.839. The van der Waals surface area contributed by atoms with Gasteiger partial charge in [0.2, 0.25) is 0 Å². The summed E-state index contributed by atoms with van der Waals surface area (Å²) in [6, 6.07) is 4.66. The van der Waals surface area contributed by atoms with Crippen LogP contribution < -0.4 is 5.32 Å². The summed E-state index contributed by atoms with van der Waals surface area (Å²) in [5.41, 5.74) is 1.01. The molecule has 0 heterocycles. The highest BCUT2D eigenvalue weighted by molar-refractivity contribution is 9.10. The maximum Gasteiger partial charge on any atom is 0.124 e. The SMILES string of the molecule is COCC(CNCc1ccc(F)cc1Br)OC. The van der Waals surface area contributed by atoms with Gasteiger partial charge in [0.25, 0.3) is 0 Å². The molecule has 3 nitrogen and oxygen atoms in total. The summed E-state index contributed by atoms with van der Waals surface area (Å²) in [7, 11) is 3.29. The van der Waals surface area contributed by atoms with E-state index in [1.807, 2.05) is 0 Å². The van der Waals surface area contributed by atoms with Gasteiger partial charge in [0.1, 0.15) is 5.82 Å². The number of methoxy groups -OCH3 is 2. The van der Waals surface area contributed by atoms with Crippen molar-refractivity contribution in [2.24, 2.45) is 0 Å². The minimum Gasteiger partial charge on any atom is -0.382 e. The standard InChI is InChI=1S/C12H17BrFNO2/c1-16-8-11(17-2)7-15-6-9-3-4-10(14)5-12(9)13/h3-5,11,15H,6-8H2,1-2H3. The van der Waals surface area contributed by atoms with Gasteiger partial charge in [-0.1, -0.05) is 22.0 Å². The number of hydrogen-bond donors (Lipinski definition) is 1. The van der Waals surface area contributed by atoms with Gasteiger partial charge in [-0.05, 0) is 17.7 Å². The lowest BCUT2D eigenvalue weighted by Crippen LogP contribution is -2.31. The molecule has 1 rings (SSSR count). The predicted molar refractivity (Wildman–Crippen MR) is 68.5 cm³/mol. The third-order valence-corrected chi connectivity index (χ3v) is 3.13. The van der Waals surface area contributed by atoms with Crippen molar-refractivity contribution in [2.75, 3.05) is 27.4 Å². The van der Waals surface area contributed by atoms with E-state index >= 15 is 0 Å². The summed E-state index contributed by atoms with van der Waals surface area (Å²) >= 11 is 3.33. The molecule has 0 saturated carbocycles. The number of halogens is 2. The zero-order valence-electron chi connectivity index (χ0n) is 10.0. The molecule has 0 aliphatic carbocycles. The molecule has 0 bridgehead atoms. The maximum atomic E-state index is 12.9. The largest absolute Gasteiger partial charge is 0.382 e. The zero-order chi connectivity index (χ0) is 12.7. The van der Waals surface area contributed by atoms with Crippen LogP contribution >= 0.6 is 15.9 Å². The Morgan fingerprint density at radius 2 is 2.18 bits per heavy atom. The molecule has 0 saturated heterocycles. The van der Waals surface area contributed by atoms with E-state index in [0.717, 1.165) is 10.0 Å². The lowest BCUT2D eigenvalue weighted by Gasteiger charge is -2.15. The van der Waals surface area contributed by atoms with Gasteiger partial charge in [-0.15, -0.1) is 0 Å². The van der Waals surface area contributed by atoms with Crippen LogP contribution in [0.4, 0.5) is 4.39 Å². The van der Waals surface area contributed by atoms with E-state index in [4.69, 9.17) is 9.47 Å². The van der Waals surface area contributed by atoms with Gasteiger partial charge in [-0.2, -0.15) is 0 Å². The van der Waals surface area contributed by atoms with Gasteiger partial charge in [0, 0.05) is 31.8 Å². The van der Waals surface area contributed by atoms with Crippen LogP contribution in [-0.4, -0.2) is 33.5 Å². The van der Waals surface area contributed by atoms with E-state index < -0.39 is 0 Å². The molecule has 0 radical (unpaired) electrons. The first-order chi connectivity index (χ1) is 8.17. The topological polar surface area (TPSA) is 30.5 Å². The molecule has 17 heavy (non-hydrogen) atoms. The van der Waals surface area contributed by atoms with E-state index in [2.05, 4.69) is 21.2 Å². The molecule has 0 aliphatic heterocycles. The Morgan fingerprint density at radius 1 is 1.41 bits per heavy atom. The van der Waals surface area contributed by atoms with Crippen molar-refractivity contribution in [1.29, 1.82) is 0 Å². The highest BCUT2D eigenvalue weighted by Crippen LogP contribution is 2.17. The van der Waals surface area contributed by atoms with Crippen LogP contribution in [-0.2, 0) is 16.0 Å². The Kier molecular flexibility index (Phi) is 6.65. The van der Waals surface area contributed by atoms with Gasteiger partial charge in [0.05, 0.1) is 12.7 Å². The summed E-state index contributed by atoms with van der Waals surface area (Å²) in [5, 5.41) is 3.24. The van der Waals surface area contributed by atoms with Crippen LogP contribution in [0.25, 0.3) is 0 Å². The van der Waals surface area contributed by atoms with Crippen molar-refractivity contribution in [1.82, 2.24) is 5.32 Å². The first-order valence-electron chi connectivity index (χ1n) is 5.33. The Morgan fingerprint density at radius 3 is 2.76 bits per heavy atom. The van der Waals surface area contributed by atoms with Gasteiger partial charge >= 0.3 is 0 Å². The molecule has 0 fully saturated rings. The maximum absolute atomic E-state index is 12.9. The minimum atomic E-state index is -0.241. The highest BCUT2D eigenvalue weighted by Gasteiger charge is 2.07. The molecule has 0 amide bonds. The smallest absolute Gasteiger partial charge is 0.124 e. The Bertz CT molecular complexity index is 349. The van der Waals surface area contributed by atoms with Crippen molar-refractivity contribution >= 4 is 15.9 Å². The molecule has 5 heteroatoms. The lowest BCUT2D eigenvalue weighted by atomic mass is 10.2. The van der Waals surface area contributed by atoms with Crippen molar-refractivity contribution in [3.8, 4) is 0 Å². The average molecular weight is 306 g/mol. The minimum absolute atomic E-state index is 0.0271. The van der Waals surface area contributed by atoms with Gasteiger partial charge in [-0.3, -0.25) is 0 Å². The fourth-order valence-electron chi connectivity index (χ4n) is 1.43. The fraction of sp³-hybridized carbons (Fsp3) is 0.500. The first kappa shape index (κ1) is 14.6. The van der Waals surface area contributed by atoms with E-state index in [1.165, 1.54) is 12.1 Å². The molecule has 1 aromatic carbocycles. The molecule has 96 valence electrons. The Balaban J connectivity index is 2.39. The molecule has 0 aromatic heterocycles. The summed E-state index contributed by atoms with van der Waals surface area (Å²) in [4.78, 5) is 0. The molecule has 1 unspecified atom stereocenters. The molecule has 1 atom stereocenters. The Labute approximate surface area is 109 Å². The fourth-order valence-corrected chi connectivity index (χ4v) is 1.92. The molecular formula is C12H17BrFNO2. The van der Waals surface area contributed by atoms with Crippen LogP contribution in [0.1, 0.15) is 5.56 Å². The summed E-state index contributed by atoms with van der Waals surface area (Å²) < 4.78 is 23.9. The van der Waals surface area contributed by atoms with Gasteiger partial charge in [0.15, 0.2) is 0 Å². The van der Waals surface area contributed by atoms with Crippen molar-refractivity contribution < 1.29 is 13.9 Å². The van der Waals surface area contributed by atoms with E-state index in [0.29, 0.717) is 19.7 Å². The van der Waals surface area contributed by atoms with Crippen LogP contribution in [0.5, 0.6) is 0 Å². The molecule has 0 aliphatic rings. The van der Waals surface area contributed by atoms with E-state index in [9.17, 15) is 4.39 Å². The first-order valence-corrected chi connectivity index (χ1v) is 6.13. The number of hydrogen-bond acceptors (Lipinski definition) is 3. The monoisotopic (exact) mass is 305 g/mol. The summed E-state index contributed by atoms with van der Waals surface area (Å²) in [6.07, 6.45) is 0.0271. The van der Waals surface area contributed by atoms with Gasteiger partial charge in [-0.25, -0.2) is 4.39 Å². The van der Waals surface area contributed by atoms with Gasteiger partial charge < -0.3 is 14.8 Å². The summed E-state index contributed by atoms with van der Waals surface area (Å²) in [6.45, 7) is 1.90. The molecule has 1 aromatic rings. The second-order valence-electron chi connectivity index (χ2n) is 3.68. The third-order valence-electron chi connectivity index (χ3n) is 2.39. The normalized spacial score (nSPS) is 12.7. The van der Waals surface area contributed by atoms with E-state index in [-0.39, 0.29) is 11.9 Å². The van der Waals surface area contributed by atoms with Crippen LogP contribution in [0, 0.1) is 5.82 Å². The Hall–Kier alpha value is -0.490. The predicted octanol–water partition coefficient (Wildman–Crippen LogP) is 2.34. The number of benzene rings is 1. The highest BCUT2D eigenvalue weighted by atomic mass is 79.9. The van der Waals surface area contributed by atoms with Crippen LogP contribution in [0.15, 0.2) is 22.7 Å². The molecule has 0 spiro atoms. The summed E-state index contributed by atoms with van der Waals surface area (Å²) in [5.74, 6) is -0.241. The number of rotatable bonds is 7. The molecular weight excluding hydrogens is 289 g/mol. The zero-order valence-corrected chi connectivity index (χ0v) is 11.6. The van der Waals surface area contributed by atoms with Crippen molar-refractivity contribution in [2.45, 2.75) is 12.6 Å². The number of ether oxygens (including phenoxy) is 2. The second-order valence-corrected chi connectivity index (χ2v) is 4.53. The van der Waals surface area contributed by atoms with Crippen LogP contribution in [0.3, 0.4) is 0 Å². The average Bonchev–Trinajstić information content (AvgIpc) is 2.30. The number of nitrogens with one attached hydrogen (secondary N) is 1. The lowest BCUT2D eigenvalue weighted by molar-refractivity contribution is 0.0288. The van der Waals surface area contributed by atoms with Crippen LogP contribution in [0.2, 0.25) is 0 Å².